The summed E-state index contributed by atoms with van der Waals surface area (Å²) in [5.74, 6) is -0.925. The molecule has 2 rings (SSSR count). The fraction of sp³-hybridized carbons (Fsp3) is 0.600. The number of amides is 1. The molecule has 1 amide bonds. The first kappa shape index (κ1) is 19.4. The normalized spacial score (nSPS) is 18.8. The number of nitrogens with one attached hydrogen (secondary N) is 1. The average Bonchev–Trinajstić information content (AvgIpc) is 2.55. The second-order valence-electron chi connectivity index (χ2n) is 7.87. The number of aliphatic carboxylic acids is 1. The Labute approximate surface area is 150 Å². The fourth-order valence-corrected chi connectivity index (χ4v) is 3.22. The molecule has 1 aromatic rings. The van der Waals surface area contributed by atoms with E-state index in [-0.39, 0.29) is 17.9 Å². The number of carbonyl (C=O) groups is 2. The molecule has 1 fully saturated rings. The van der Waals surface area contributed by atoms with E-state index in [0.717, 1.165) is 19.3 Å². The van der Waals surface area contributed by atoms with Gasteiger partial charge in [0.15, 0.2) is 0 Å². The first-order chi connectivity index (χ1) is 11.8. The third-order valence-electron chi connectivity index (χ3n) is 4.80. The van der Waals surface area contributed by atoms with Crippen LogP contribution in [0.5, 0.6) is 0 Å². The highest BCUT2D eigenvalue weighted by atomic mass is 16.4. The van der Waals surface area contributed by atoms with Crippen LogP contribution in [0.3, 0.4) is 0 Å². The highest BCUT2D eigenvalue weighted by molar-refractivity contribution is 5.80. The van der Waals surface area contributed by atoms with E-state index in [1.807, 2.05) is 0 Å². The number of hydrogen-bond donors (Lipinski definition) is 2. The topological polar surface area (TPSA) is 69.6 Å². The Balaban J connectivity index is 1.77. The summed E-state index contributed by atoms with van der Waals surface area (Å²) in [5, 5.41) is 12.2. The number of carboxylic acid groups (broad SMARTS) is 1. The Bertz CT molecular complexity index is 590. The minimum absolute atomic E-state index is 0.0977. The Morgan fingerprint density at radius 2 is 1.88 bits per heavy atom. The second kappa shape index (κ2) is 8.48. The van der Waals surface area contributed by atoms with Crippen molar-refractivity contribution in [2.45, 2.75) is 57.9 Å². The van der Waals surface area contributed by atoms with E-state index in [2.05, 4.69) is 50.4 Å². The number of rotatable bonds is 6. The molecule has 0 bridgehead atoms. The van der Waals surface area contributed by atoms with Crippen LogP contribution in [0.2, 0.25) is 0 Å². The third-order valence-corrected chi connectivity index (χ3v) is 4.80. The zero-order chi connectivity index (χ0) is 18.4. The summed E-state index contributed by atoms with van der Waals surface area (Å²) in [5.41, 5.74) is 2.63. The van der Waals surface area contributed by atoms with E-state index in [4.69, 9.17) is 0 Å². The van der Waals surface area contributed by atoms with Crippen LogP contribution in [-0.4, -0.2) is 47.6 Å². The summed E-state index contributed by atoms with van der Waals surface area (Å²) in [4.78, 5) is 25.2. The van der Waals surface area contributed by atoms with Crippen molar-refractivity contribution in [1.29, 1.82) is 0 Å². The maximum atomic E-state index is 12.1. The molecule has 1 saturated heterocycles. The lowest BCUT2D eigenvalue weighted by Crippen LogP contribution is -2.49. The summed E-state index contributed by atoms with van der Waals surface area (Å²) in [6.07, 6.45) is 3.28. The van der Waals surface area contributed by atoms with E-state index < -0.39 is 12.0 Å². The van der Waals surface area contributed by atoms with Crippen LogP contribution in [0.4, 0.5) is 0 Å². The summed E-state index contributed by atoms with van der Waals surface area (Å²) >= 11 is 0. The predicted molar refractivity (Wildman–Crippen MR) is 98.7 cm³/mol. The van der Waals surface area contributed by atoms with Gasteiger partial charge in [0.2, 0.25) is 5.91 Å². The summed E-state index contributed by atoms with van der Waals surface area (Å²) in [6.45, 7) is 7.98. The van der Waals surface area contributed by atoms with Crippen LogP contribution in [-0.2, 0) is 21.4 Å². The number of carbonyl (C=O) groups excluding carboxylic acids is 1. The zero-order valence-corrected chi connectivity index (χ0v) is 15.5. The van der Waals surface area contributed by atoms with Gasteiger partial charge < -0.3 is 10.4 Å². The van der Waals surface area contributed by atoms with Crippen molar-refractivity contribution in [3.05, 3.63) is 35.4 Å². The van der Waals surface area contributed by atoms with E-state index in [1.165, 1.54) is 11.1 Å². The molecule has 0 aliphatic carbocycles. The van der Waals surface area contributed by atoms with Crippen LogP contribution in [0, 0.1) is 0 Å². The van der Waals surface area contributed by atoms with Crippen molar-refractivity contribution < 1.29 is 14.7 Å². The maximum Gasteiger partial charge on any atom is 0.320 e. The second-order valence-corrected chi connectivity index (χ2v) is 7.87. The van der Waals surface area contributed by atoms with Gasteiger partial charge in [0.25, 0.3) is 0 Å². The first-order valence-electron chi connectivity index (χ1n) is 9.10. The molecule has 138 valence electrons. The number of likely N-dealkylation sites (tertiary alicyclic amines) is 1. The minimum Gasteiger partial charge on any atom is -0.480 e. The number of benzene rings is 1. The first-order valence-corrected chi connectivity index (χ1v) is 9.10. The summed E-state index contributed by atoms with van der Waals surface area (Å²) < 4.78 is 0. The van der Waals surface area contributed by atoms with E-state index >= 15 is 0 Å². The fourth-order valence-electron chi connectivity index (χ4n) is 3.22. The van der Waals surface area contributed by atoms with Crippen molar-refractivity contribution in [2.24, 2.45) is 0 Å². The van der Waals surface area contributed by atoms with Gasteiger partial charge >= 0.3 is 5.97 Å². The quantitative estimate of drug-likeness (QED) is 0.831. The Morgan fingerprint density at radius 3 is 2.48 bits per heavy atom. The van der Waals surface area contributed by atoms with Crippen LogP contribution in [0.1, 0.15) is 51.2 Å². The van der Waals surface area contributed by atoms with E-state index in [0.29, 0.717) is 19.5 Å². The Kier molecular flexibility index (Phi) is 6.59. The van der Waals surface area contributed by atoms with Gasteiger partial charge in [0.1, 0.15) is 6.04 Å². The molecule has 1 unspecified atom stereocenters. The molecular weight excluding hydrogens is 316 g/mol. The van der Waals surface area contributed by atoms with Crippen LogP contribution in [0.15, 0.2) is 24.3 Å². The lowest BCUT2D eigenvalue weighted by Gasteiger charge is -2.32. The molecule has 0 radical (unpaired) electrons. The molecule has 0 spiro atoms. The Hall–Kier alpha value is -1.88. The monoisotopic (exact) mass is 346 g/mol. The third kappa shape index (κ3) is 5.85. The van der Waals surface area contributed by atoms with Gasteiger partial charge in [-0.05, 0) is 42.3 Å². The van der Waals surface area contributed by atoms with Gasteiger partial charge in [-0.2, -0.15) is 0 Å². The Morgan fingerprint density at radius 1 is 1.20 bits per heavy atom. The van der Waals surface area contributed by atoms with Crippen molar-refractivity contribution in [3.63, 3.8) is 0 Å². The van der Waals surface area contributed by atoms with Crippen molar-refractivity contribution in [3.8, 4) is 0 Å². The highest BCUT2D eigenvalue weighted by Gasteiger charge is 2.29. The molecule has 0 saturated carbocycles. The highest BCUT2D eigenvalue weighted by Crippen LogP contribution is 2.22. The van der Waals surface area contributed by atoms with Crippen molar-refractivity contribution >= 4 is 11.9 Å². The molecule has 1 aliphatic heterocycles. The van der Waals surface area contributed by atoms with Gasteiger partial charge in [0.05, 0.1) is 6.54 Å². The summed E-state index contributed by atoms with van der Waals surface area (Å²) in [6, 6.07) is 7.98. The zero-order valence-electron chi connectivity index (χ0n) is 15.5. The number of carboxylic acids is 1. The number of nitrogens with zero attached hydrogens (tertiary/aromatic N) is 1. The largest absolute Gasteiger partial charge is 0.480 e. The number of hydrogen-bond acceptors (Lipinski definition) is 3. The van der Waals surface area contributed by atoms with Gasteiger partial charge in [-0.3, -0.25) is 14.5 Å². The molecule has 1 heterocycles. The molecular formula is C20H30N2O3. The smallest absolute Gasteiger partial charge is 0.320 e. The molecule has 5 heteroatoms. The van der Waals surface area contributed by atoms with Gasteiger partial charge in [0, 0.05) is 6.54 Å². The molecule has 1 atom stereocenters. The van der Waals surface area contributed by atoms with Gasteiger partial charge in [-0.1, -0.05) is 51.5 Å². The van der Waals surface area contributed by atoms with E-state index in [9.17, 15) is 14.7 Å². The number of piperidine rings is 1. The van der Waals surface area contributed by atoms with Crippen LogP contribution in [0.25, 0.3) is 0 Å². The lowest BCUT2D eigenvalue weighted by molar-refractivity contribution is -0.145. The molecule has 0 aromatic heterocycles. The molecule has 1 aromatic carbocycles. The van der Waals surface area contributed by atoms with Crippen LogP contribution < -0.4 is 5.32 Å². The summed E-state index contributed by atoms with van der Waals surface area (Å²) in [7, 11) is 0. The van der Waals surface area contributed by atoms with Crippen molar-refractivity contribution in [2.75, 3.05) is 19.6 Å². The van der Waals surface area contributed by atoms with Crippen LogP contribution >= 0.6 is 0 Å². The average molecular weight is 346 g/mol. The predicted octanol–water partition coefficient (Wildman–Crippen LogP) is 2.58. The standard InChI is InChI=1S/C20H30N2O3/c1-20(2,3)16-9-7-15(8-10-16)11-12-21-18(23)14-22-13-5-4-6-17(22)19(24)25/h7-10,17H,4-6,11-14H2,1-3H3,(H,21,23)(H,24,25). The van der Waals surface area contributed by atoms with E-state index in [1.54, 1.807) is 4.90 Å². The van der Waals surface area contributed by atoms with Gasteiger partial charge in [-0.25, -0.2) is 0 Å². The molecule has 25 heavy (non-hydrogen) atoms. The van der Waals surface area contributed by atoms with Gasteiger partial charge in [-0.15, -0.1) is 0 Å². The maximum absolute atomic E-state index is 12.1. The lowest BCUT2D eigenvalue weighted by atomic mass is 9.86. The molecule has 1 aliphatic rings. The SMILES string of the molecule is CC(C)(C)c1ccc(CCNC(=O)CN2CCCCC2C(=O)O)cc1. The minimum atomic E-state index is -0.827. The molecule has 2 N–H and O–H groups in total. The van der Waals surface area contributed by atoms with Crippen molar-refractivity contribution in [1.82, 2.24) is 10.2 Å². The molecule has 5 nitrogen and oxygen atoms in total.